The van der Waals surface area contributed by atoms with Crippen molar-refractivity contribution in [1.29, 1.82) is 0 Å². The van der Waals surface area contributed by atoms with E-state index in [1.807, 2.05) is 0 Å². The van der Waals surface area contributed by atoms with Crippen molar-refractivity contribution < 1.29 is 0 Å². The first-order valence-electron chi connectivity index (χ1n) is 8.89. The Hall–Kier alpha value is -1.01. The quantitative estimate of drug-likeness (QED) is 0.719. The highest BCUT2D eigenvalue weighted by molar-refractivity contribution is 7.57. The molecule has 0 saturated carbocycles. The molecule has 2 atom stereocenters. The number of allylic oxidation sites excluding steroid dienone is 1. The fourth-order valence-corrected chi connectivity index (χ4v) is 4.13. The van der Waals surface area contributed by atoms with Gasteiger partial charge in [0.2, 0.25) is 0 Å². The monoisotopic (exact) mass is 332 g/mol. The van der Waals surface area contributed by atoms with E-state index in [1.165, 1.54) is 36.3 Å². The number of nitrogens with one attached hydrogen (secondary N) is 1. The summed E-state index contributed by atoms with van der Waals surface area (Å²) in [5.74, 6) is 0.726. The van der Waals surface area contributed by atoms with Gasteiger partial charge in [-0.05, 0) is 50.1 Å². The lowest BCUT2D eigenvalue weighted by atomic mass is 9.97. The van der Waals surface area contributed by atoms with Gasteiger partial charge in [-0.25, -0.2) is 0 Å². The van der Waals surface area contributed by atoms with E-state index in [1.54, 1.807) is 0 Å². The second-order valence-electron chi connectivity index (χ2n) is 7.28. The first-order chi connectivity index (χ1) is 11.0. The van der Waals surface area contributed by atoms with Crippen LogP contribution in [0.15, 0.2) is 36.5 Å². The summed E-state index contributed by atoms with van der Waals surface area (Å²) in [7, 11) is 0.0715. The van der Waals surface area contributed by atoms with Crippen LogP contribution in [0, 0.1) is 12.8 Å². The van der Waals surface area contributed by atoms with Crippen LogP contribution in [0.2, 0.25) is 0 Å². The summed E-state index contributed by atoms with van der Waals surface area (Å²) in [6, 6.07) is 8.96. The van der Waals surface area contributed by atoms with E-state index in [4.69, 9.17) is 0 Å². The molecule has 1 heterocycles. The third-order valence-electron chi connectivity index (χ3n) is 4.88. The van der Waals surface area contributed by atoms with Gasteiger partial charge in [0.15, 0.2) is 0 Å². The third kappa shape index (κ3) is 5.84. The Morgan fingerprint density at radius 2 is 2.04 bits per heavy atom. The molecule has 0 amide bonds. The van der Waals surface area contributed by atoms with Crippen molar-refractivity contribution in [2.45, 2.75) is 39.3 Å². The maximum absolute atomic E-state index is 4.24. The number of hydrogen-bond acceptors (Lipinski definition) is 2. The van der Waals surface area contributed by atoms with Crippen LogP contribution < -0.4 is 10.2 Å². The van der Waals surface area contributed by atoms with E-state index in [-0.39, 0.29) is 7.92 Å². The number of aryl methyl sites for hydroxylation is 1. The minimum absolute atomic E-state index is 0.0715. The van der Waals surface area contributed by atoms with E-state index in [0.29, 0.717) is 0 Å². The first kappa shape index (κ1) is 18.3. The molecule has 1 aromatic rings. The molecule has 0 aromatic heterocycles. The van der Waals surface area contributed by atoms with Crippen molar-refractivity contribution >= 4 is 13.6 Å². The van der Waals surface area contributed by atoms with Gasteiger partial charge in [-0.2, -0.15) is 0 Å². The van der Waals surface area contributed by atoms with Gasteiger partial charge in [-0.15, -0.1) is 7.92 Å². The zero-order valence-electron chi connectivity index (χ0n) is 15.3. The number of hydrogen-bond donors (Lipinski definition) is 1. The lowest BCUT2D eigenvalue weighted by molar-refractivity contribution is 0.404. The van der Waals surface area contributed by atoms with Crippen molar-refractivity contribution in [2.24, 2.45) is 5.92 Å². The van der Waals surface area contributed by atoms with E-state index < -0.39 is 0 Å². The molecule has 0 spiro atoms. The highest BCUT2D eigenvalue weighted by Crippen LogP contribution is 2.37. The SMILES string of the molecule is C=C(CP(C)C(C)C)NCC1CCCN(c2ccc(C)cc2)C1. The molecule has 1 aromatic carbocycles. The molecule has 1 N–H and O–H groups in total. The first-order valence-corrected chi connectivity index (χ1v) is 10.9. The van der Waals surface area contributed by atoms with Gasteiger partial charge in [0.05, 0.1) is 0 Å². The zero-order valence-corrected chi connectivity index (χ0v) is 16.2. The molecule has 0 aliphatic carbocycles. The van der Waals surface area contributed by atoms with Crippen LogP contribution >= 0.6 is 7.92 Å². The van der Waals surface area contributed by atoms with E-state index in [0.717, 1.165) is 30.8 Å². The van der Waals surface area contributed by atoms with Gasteiger partial charge < -0.3 is 10.2 Å². The maximum Gasteiger partial charge on any atom is 0.0366 e. The molecule has 0 radical (unpaired) electrons. The number of piperidine rings is 1. The number of rotatable bonds is 7. The Bertz CT molecular complexity index is 495. The fraction of sp³-hybridized carbons (Fsp3) is 0.600. The van der Waals surface area contributed by atoms with E-state index >= 15 is 0 Å². The molecule has 1 saturated heterocycles. The largest absolute Gasteiger partial charge is 0.388 e. The number of nitrogens with zero attached hydrogens (tertiary/aromatic N) is 1. The maximum atomic E-state index is 4.24. The smallest absolute Gasteiger partial charge is 0.0366 e. The van der Waals surface area contributed by atoms with Crippen LogP contribution in [-0.4, -0.2) is 38.1 Å². The molecule has 128 valence electrons. The topological polar surface area (TPSA) is 15.3 Å². The lowest BCUT2D eigenvalue weighted by Gasteiger charge is -2.35. The van der Waals surface area contributed by atoms with Crippen LogP contribution in [-0.2, 0) is 0 Å². The molecular weight excluding hydrogens is 299 g/mol. The summed E-state index contributed by atoms with van der Waals surface area (Å²) in [6.45, 7) is 16.8. The molecule has 2 rings (SSSR count). The Morgan fingerprint density at radius 1 is 1.35 bits per heavy atom. The Morgan fingerprint density at radius 3 is 2.70 bits per heavy atom. The zero-order chi connectivity index (χ0) is 16.8. The minimum Gasteiger partial charge on any atom is -0.388 e. The molecule has 1 aliphatic heterocycles. The molecule has 3 heteroatoms. The van der Waals surface area contributed by atoms with Crippen molar-refractivity contribution in [3.05, 3.63) is 42.1 Å². The van der Waals surface area contributed by atoms with Crippen LogP contribution in [0.3, 0.4) is 0 Å². The van der Waals surface area contributed by atoms with Crippen molar-refractivity contribution in [3.63, 3.8) is 0 Å². The average molecular weight is 332 g/mol. The van der Waals surface area contributed by atoms with Gasteiger partial charge in [0.25, 0.3) is 0 Å². The Balaban J connectivity index is 1.80. The second kappa shape index (κ2) is 8.73. The van der Waals surface area contributed by atoms with E-state index in [9.17, 15) is 0 Å². The van der Waals surface area contributed by atoms with Gasteiger partial charge >= 0.3 is 0 Å². The Kier molecular flexibility index (Phi) is 6.96. The summed E-state index contributed by atoms with van der Waals surface area (Å²) in [4.78, 5) is 2.54. The van der Waals surface area contributed by atoms with Gasteiger partial charge in [-0.3, -0.25) is 0 Å². The summed E-state index contributed by atoms with van der Waals surface area (Å²) >= 11 is 0. The molecule has 2 nitrogen and oxygen atoms in total. The standard InChI is InChI=1S/C20H33N2P/c1-16(2)23(5)15-18(4)21-13-19-7-6-12-22(14-19)20-10-8-17(3)9-11-20/h8-11,16,19,21H,4,6-7,12-15H2,1-3,5H3. The molecule has 1 aliphatic rings. The lowest BCUT2D eigenvalue weighted by Crippen LogP contribution is -2.39. The molecule has 0 bridgehead atoms. The molecule has 1 fully saturated rings. The Labute approximate surface area is 144 Å². The minimum atomic E-state index is 0.0715. The van der Waals surface area contributed by atoms with Crippen molar-refractivity contribution in [1.82, 2.24) is 5.32 Å². The van der Waals surface area contributed by atoms with Crippen LogP contribution in [0.4, 0.5) is 5.69 Å². The van der Waals surface area contributed by atoms with Gasteiger partial charge in [-0.1, -0.05) is 38.1 Å². The number of benzene rings is 1. The van der Waals surface area contributed by atoms with Crippen LogP contribution in [0.5, 0.6) is 0 Å². The summed E-state index contributed by atoms with van der Waals surface area (Å²) in [6.07, 6.45) is 3.77. The summed E-state index contributed by atoms with van der Waals surface area (Å²) in [5, 5.41) is 3.61. The highest BCUT2D eigenvalue weighted by atomic mass is 31.1. The van der Waals surface area contributed by atoms with Crippen molar-refractivity contribution in [3.8, 4) is 0 Å². The normalized spacial score (nSPS) is 19.7. The number of anilines is 1. The van der Waals surface area contributed by atoms with Crippen LogP contribution in [0.25, 0.3) is 0 Å². The van der Waals surface area contributed by atoms with Gasteiger partial charge in [0.1, 0.15) is 0 Å². The average Bonchev–Trinajstić information content (AvgIpc) is 2.54. The highest BCUT2D eigenvalue weighted by Gasteiger charge is 2.20. The summed E-state index contributed by atoms with van der Waals surface area (Å²) < 4.78 is 0. The summed E-state index contributed by atoms with van der Waals surface area (Å²) in [5.41, 5.74) is 4.73. The van der Waals surface area contributed by atoms with E-state index in [2.05, 4.69) is 68.5 Å². The van der Waals surface area contributed by atoms with Crippen LogP contribution in [0.1, 0.15) is 32.3 Å². The third-order valence-corrected chi connectivity index (χ3v) is 7.52. The predicted octanol–water partition coefficient (Wildman–Crippen LogP) is 4.83. The predicted molar refractivity (Wildman–Crippen MR) is 106 cm³/mol. The second-order valence-corrected chi connectivity index (χ2v) is 10.1. The molecule has 2 unspecified atom stereocenters. The fourth-order valence-electron chi connectivity index (χ4n) is 3.05. The van der Waals surface area contributed by atoms with Gasteiger partial charge in [0, 0.05) is 37.2 Å². The van der Waals surface area contributed by atoms with Crippen molar-refractivity contribution in [2.75, 3.05) is 37.4 Å². The molecular formula is C20H33N2P. The molecule has 23 heavy (non-hydrogen) atoms.